The van der Waals surface area contributed by atoms with E-state index in [0.717, 1.165) is 24.2 Å². The average Bonchev–Trinajstić information content (AvgIpc) is 3.56. The highest BCUT2D eigenvalue weighted by Gasteiger charge is 2.27. The number of aryl methyl sites for hydroxylation is 1. The first-order valence-electron chi connectivity index (χ1n) is 12.1. The summed E-state index contributed by atoms with van der Waals surface area (Å²) in [6, 6.07) is 17.7. The molecule has 8 nitrogen and oxygen atoms in total. The quantitative estimate of drug-likeness (QED) is 0.450. The summed E-state index contributed by atoms with van der Waals surface area (Å²) < 4.78 is 24.9. The minimum absolute atomic E-state index is 0.155. The van der Waals surface area contributed by atoms with Crippen molar-refractivity contribution >= 4 is 17.6 Å². The third-order valence-corrected chi connectivity index (χ3v) is 6.11. The molecule has 1 aliphatic heterocycles. The fourth-order valence-electron chi connectivity index (χ4n) is 4.15. The molecule has 3 aromatic rings. The van der Waals surface area contributed by atoms with Gasteiger partial charge in [0.2, 0.25) is 5.91 Å². The molecule has 0 spiro atoms. The first-order chi connectivity index (χ1) is 17.9. The SMILES string of the molecule is Cc1ccc(CN(Cc2ccc(F)cc2)C(=O)CN(CC2CCCO2)C(=O)Nc2ccc(C#N)cc2)o1. The molecular formula is C28H29FN4O4. The van der Waals surface area contributed by atoms with Crippen molar-refractivity contribution in [2.75, 3.05) is 25.0 Å². The summed E-state index contributed by atoms with van der Waals surface area (Å²) in [6.45, 7) is 2.96. The summed E-state index contributed by atoms with van der Waals surface area (Å²) in [5, 5.41) is 11.8. The van der Waals surface area contributed by atoms with Crippen LogP contribution in [-0.4, -0.2) is 47.5 Å². The molecule has 0 saturated carbocycles. The molecule has 2 aromatic carbocycles. The predicted octanol–water partition coefficient (Wildman–Crippen LogP) is 4.84. The number of nitrogens with zero attached hydrogens (tertiary/aromatic N) is 3. The van der Waals surface area contributed by atoms with E-state index in [0.29, 0.717) is 23.6 Å². The smallest absolute Gasteiger partial charge is 0.322 e. The normalized spacial score (nSPS) is 14.7. The van der Waals surface area contributed by atoms with Crippen LogP contribution in [0.5, 0.6) is 0 Å². The Morgan fingerprint density at radius 1 is 1.05 bits per heavy atom. The zero-order valence-corrected chi connectivity index (χ0v) is 20.7. The molecule has 192 valence electrons. The summed E-state index contributed by atoms with van der Waals surface area (Å²) >= 11 is 0. The van der Waals surface area contributed by atoms with Gasteiger partial charge in [-0.05, 0) is 73.9 Å². The van der Waals surface area contributed by atoms with Gasteiger partial charge in [-0.2, -0.15) is 5.26 Å². The third-order valence-electron chi connectivity index (χ3n) is 6.11. The van der Waals surface area contributed by atoms with E-state index < -0.39 is 6.03 Å². The van der Waals surface area contributed by atoms with Gasteiger partial charge in [-0.15, -0.1) is 0 Å². The van der Waals surface area contributed by atoms with Crippen molar-refractivity contribution in [3.05, 3.63) is 89.1 Å². The van der Waals surface area contributed by atoms with Crippen LogP contribution >= 0.6 is 0 Å². The Hall–Kier alpha value is -4.16. The van der Waals surface area contributed by atoms with Crippen LogP contribution in [-0.2, 0) is 22.6 Å². The van der Waals surface area contributed by atoms with Crippen LogP contribution < -0.4 is 5.32 Å². The Labute approximate surface area is 215 Å². The van der Waals surface area contributed by atoms with Gasteiger partial charge in [0.05, 0.1) is 24.3 Å². The van der Waals surface area contributed by atoms with Gasteiger partial charge in [-0.3, -0.25) is 4.79 Å². The van der Waals surface area contributed by atoms with Crippen molar-refractivity contribution in [1.82, 2.24) is 9.80 Å². The van der Waals surface area contributed by atoms with Crippen LogP contribution in [0.4, 0.5) is 14.9 Å². The largest absolute Gasteiger partial charge is 0.464 e. The standard InChI is InChI=1S/C28H29FN4O4/c1-20-4-13-26(37-20)18-32(16-22-5-9-23(29)10-6-22)27(34)19-33(17-25-3-2-14-36-25)28(35)31-24-11-7-21(15-30)8-12-24/h4-13,25H,2-3,14,16-19H2,1H3,(H,31,35). The average molecular weight is 505 g/mol. The molecule has 1 N–H and O–H groups in total. The van der Waals surface area contributed by atoms with E-state index in [1.165, 1.54) is 17.0 Å². The number of nitrogens with one attached hydrogen (secondary N) is 1. The van der Waals surface area contributed by atoms with Gasteiger partial charge in [0.1, 0.15) is 23.9 Å². The molecule has 1 fully saturated rings. The number of rotatable bonds is 9. The molecule has 1 saturated heterocycles. The van der Waals surface area contributed by atoms with Crippen LogP contribution in [0.1, 0.15) is 35.5 Å². The molecule has 1 unspecified atom stereocenters. The maximum atomic E-state index is 13.6. The lowest BCUT2D eigenvalue weighted by Gasteiger charge is -2.29. The maximum Gasteiger partial charge on any atom is 0.322 e. The Morgan fingerprint density at radius 2 is 1.81 bits per heavy atom. The van der Waals surface area contributed by atoms with E-state index in [4.69, 9.17) is 14.4 Å². The van der Waals surface area contributed by atoms with E-state index in [1.54, 1.807) is 41.3 Å². The highest BCUT2D eigenvalue weighted by Crippen LogP contribution is 2.18. The van der Waals surface area contributed by atoms with Crippen LogP contribution in [0.2, 0.25) is 0 Å². The molecule has 37 heavy (non-hydrogen) atoms. The van der Waals surface area contributed by atoms with Crippen molar-refractivity contribution in [1.29, 1.82) is 5.26 Å². The van der Waals surface area contributed by atoms with Crippen LogP contribution in [0, 0.1) is 24.1 Å². The highest BCUT2D eigenvalue weighted by atomic mass is 19.1. The van der Waals surface area contributed by atoms with Crippen molar-refractivity contribution in [2.45, 2.75) is 39.0 Å². The molecule has 0 aliphatic carbocycles. The number of amides is 3. The third kappa shape index (κ3) is 7.41. The van der Waals surface area contributed by atoms with E-state index in [9.17, 15) is 14.0 Å². The van der Waals surface area contributed by atoms with Gasteiger partial charge in [0, 0.05) is 25.4 Å². The minimum Gasteiger partial charge on any atom is -0.464 e. The Balaban J connectivity index is 1.51. The molecule has 9 heteroatoms. The predicted molar refractivity (Wildman–Crippen MR) is 135 cm³/mol. The van der Waals surface area contributed by atoms with Gasteiger partial charge >= 0.3 is 6.03 Å². The summed E-state index contributed by atoms with van der Waals surface area (Å²) in [5.74, 6) is 0.698. The molecule has 1 aliphatic rings. The Kier molecular flexibility index (Phi) is 8.54. The summed E-state index contributed by atoms with van der Waals surface area (Å²) in [7, 11) is 0. The Bertz CT molecular complexity index is 1240. The van der Waals surface area contributed by atoms with Crippen molar-refractivity contribution in [2.24, 2.45) is 0 Å². The van der Waals surface area contributed by atoms with Gasteiger partial charge in [0.25, 0.3) is 0 Å². The number of benzene rings is 2. The van der Waals surface area contributed by atoms with Gasteiger partial charge in [-0.25, -0.2) is 9.18 Å². The highest BCUT2D eigenvalue weighted by molar-refractivity contribution is 5.92. The number of nitriles is 1. The molecular weight excluding hydrogens is 475 g/mol. The van der Waals surface area contributed by atoms with Crippen molar-refractivity contribution in [3.63, 3.8) is 0 Å². The molecule has 4 rings (SSSR count). The summed E-state index contributed by atoms with van der Waals surface area (Å²) in [4.78, 5) is 29.8. The number of furan rings is 1. The summed E-state index contributed by atoms with van der Waals surface area (Å²) in [5.41, 5.74) is 1.75. The van der Waals surface area contributed by atoms with Crippen molar-refractivity contribution in [3.8, 4) is 6.07 Å². The number of hydrogen-bond donors (Lipinski definition) is 1. The lowest BCUT2D eigenvalue weighted by atomic mass is 10.2. The first-order valence-corrected chi connectivity index (χ1v) is 12.1. The fraction of sp³-hybridized carbons (Fsp3) is 0.321. The Morgan fingerprint density at radius 3 is 2.43 bits per heavy atom. The number of hydrogen-bond acceptors (Lipinski definition) is 5. The van der Waals surface area contributed by atoms with Gasteiger partial charge < -0.3 is 24.3 Å². The molecule has 2 heterocycles. The number of ether oxygens (including phenoxy) is 1. The fourth-order valence-corrected chi connectivity index (χ4v) is 4.15. The number of halogens is 1. The molecule has 0 radical (unpaired) electrons. The van der Waals surface area contributed by atoms with Gasteiger partial charge in [0.15, 0.2) is 0 Å². The molecule has 0 bridgehead atoms. The van der Waals surface area contributed by atoms with E-state index in [1.807, 2.05) is 25.1 Å². The number of urea groups is 1. The second-order valence-electron chi connectivity index (χ2n) is 9.02. The second kappa shape index (κ2) is 12.2. The monoisotopic (exact) mass is 504 g/mol. The zero-order valence-electron chi connectivity index (χ0n) is 20.7. The van der Waals surface area contributed by atoms with E-state index in [2.05, 4.69) is 5.32 Å². The molecule has 3 amide bonds. The number of carbonyl (C=O) groups excluding carboxylic acids is 2. The molecule has 1 aromatic heterocycles. The van der Waals surface area contributed by atoms with Crippen molar-refractivity contribution < 1.29 is 23.1 Å². The lowest BCUT2D eigenvalue weighted by Crippen LogP contribution is -2.46. The topological polar surface area (TPSA) is 98.8 Å². The van der Waals surface area contributed by atoms with E-state index in [-0.39, 0.29) is 44.0 Å². The molecule has 1 atom stereocenters. The van der Waals surface area contributed by atoms with E-state index >= 15 is 0 Å². The second-order valence-corrected chi connectivity index (χ2v) is 9.02. The van der Waals surface area contributed by atoms with Crippen LogP contribution in [0.15, 0.2) is 65.1 Å². The first kappa shape index (κ1) is 25.9. The summed E-state index contributed by atoms with van der Waals surface area (Å²) in [6.07, 6.45) is 1.55. The minimum atomic E-state index is -0.441. The number of carbonyl (C=O) groups is 2. The van der Waals surface area contributed by atoms with Crippen LogP contribution in [0.25, 0.3) is 0 Å². The number of anilines is 1. The maximum absolute atomic E-state index is 13.6. The van der Waals surface area contributed by atoms with Crippen LogP contribution in [0.3, 0.4) is 0 Å². The van der Waals surface area contributed by atoms with Gasteiger partial charge in [-0.1, -0.05) is 12.1 Å². The lowest BCUT2D eigenvalue weighted by molar-refractivity contribution is -0.133. The zero-order chi connectivity index (χ0) is 26.2.